The van der Waals surface area contributed by atoms with Crippen LogP contribution in [0.1, 0.15) is 5.69 Å². The van der Waals surface area contributed by atoms with Crippen LogP contribution in [0, 0.1) is 0 Å². The molecule has 0 aliphatic carbocycles. The van der Waals surface area contributed by atoms with Crippen molar-refractivity contribution in [3.63, 3.8) is 0 Å². The molecule has 2 N–H and O–H groups in total. The highest BCUT2D eigenvalue weighted by molar-refractivity contribution is 6.30. The number of oxazole rings is 1. The molecule has 5 nitrogen and oxygen atoms in total. The highest BCUT2D eigenvalue weighted by Crippen LogP contribution is 2.26. The highest BCUT2D eigenvalue weighted by Gasteiger charge is 2.12. The molecule has 3 rings (SSSR count). The average Bonchev–Trinajstić information content (AvgIpc) is 2.88. The van der Waals surface area contributed by atoms with Gasteiger partial charge in [-0.25, -0.2) is 15.0 Å². The van der Waals surface area contributed by atoms with E-state index in [2.05, 4.69) is 15.0 Å². The van der Waals surface area contributed by atoms with E-state index in [0.29, 0.717) is 16.6 Å². The maximum absolute atomic E-state index is 9.77. The van der Waals surface area contributed by atoms with Crippen molar-refractivity contribution in [3.05, 3.63) is 59.5 Å². The topological polar surface area (TPSA) is 72.8 Å². The number of pyridine rings is 1. The third-order valence-electron chi connectivity index (χ3n) is 2.75. The number of halogens is 1. The van der Waals surface area contributed by atoms with Gasteiger partial charge >= 0.3 is 5.95 Å². The molecule has 1 aromatic carbocycles. The van der Waals surface area contributed by atoms with Crippen LogP contribution < -0.4 is 4.98 Å². The van der Waals surface area contributed by atoms with E-state index in [0.717, 1.165) is 5.56 Å². The number of aromatic nitrogens is 2. The van der Waals surface area contributed by atoms with Gasteiger partial charge in [0.15, 0.2) is 18.1 Å². The molecular weight excluding hydrogens is 290 g/mol. The van der Waals surface area contributed by atoms with E-state index in [9.17, 15) is 5.11 Å². The molecule has 0 saturated heterocycles. The Morgan fingerprint density at radius 3 is 2.76 bits per heavy atom. The predicted octanol–water partition coefficient (Wildman–Crippen LogP) is 3.27. The Kier molecular flexibility index (Phi) is 3.66. The predicted molar refractivity (Wildman–Crippen MR) is 78.9 cm³/mol. The number of benzene rings is 1. The first-order chi connectivity index (χ1) is 10.2. The molecular formula is C15H11ClN3O2+. The zero-order valence-electron chi connectivity index (χ0n) is 10.8. The van der Waals surface area contributed by atoms with Crippen molar-refractivity contribution in [1.29, 1.82) is 0 Å². The van der Waals surface area contributed by atoms with Gasteiger partial charge in [-0.2, -0.15) is 0 Å². The summed E-state index contributed by atoms with van der Waals surface area (Å²) in [6.07, 6.45) is 4.96. The Morgan fingerprint density at radius 2 is 2.05 bits per heavy atom. The summed E-state index contributed by atoms with van der Waals surface area (Å²) in [4.78, 5) is 11.3. The first kappa shape index (κ1) is 13.3. The number of aliphatic imine (C=N–C) groups is 1. The van der Waals surface area contributed by atoms with Gasteiger partial charge in [0.2, 0.25) is 5.89 Å². The number of rotatable bonds is 3. The van der Waals surface area contributed by atoms with Gasteiger partial charge in [-0.3, -0.25) is 0 Å². The minimum atomic E-state index is -0.274. The first-order valence-electron chi connectivity index (χ1n) is 6.18. The summed E-state index contributed by atoms with van der Waals surface area (Å²) >= 11 is 5.83. The Labute approximate surface area is 125 Å². The Balaban J connectivity index is 1.88. The van der Waals surface area contributed by atoms with Crippen molar-refractivity contribution < 1.29 is 14.5 Å². The van der Waals surface area contributed by atoms with Crippen LogP contribution in [0.2, 0.25) is 5.02 Å². The van der Waals surface area contributed by atoms with Gasteiger partial charge in [0.1, 0.15) is 5.69 Å². The van der Waals surface area contributed by atoms with Crippen LogP contribution in [0.4, 0.5) is 5.69 Å². The van der Waals surface area contributed by atoms with Gasteiger partial charge in [-0.15, -0.1) is 0 Å². The molecule has 2 heterocycles. The molecule has 0 atom stereocenters. The molecule has 104 valence electrons. The fourth-order valence-electron chi connectivity index (χ4n) is 1.72. The lowest BCUT2D eigenvalue weighted by atomic mass is 10.2. The number of nitrogens with zero attached hydrogens (tertiary/aromatic N) is 2. The van der Waals surface area contributed by atoms with Gasteiger partial charge in [0.25, 0.3) is 0 Å². The summed E-state index contributed by atoms with van der Waals surface area (Å²) in [7, 11) is 0. The molecule has 0 spiro atoms. The van der Waals surface area contributed by atoms with E-state index < -0.39 is 0 Å². The number of aromatic hydroxyl groups is 1. The molecule has 6 heteroatoms. The SMILES string of the molecule is Oc1oc(-c2ccc(Cl)cc2)nc1C=Nc1ccc[nH+]c1. The number of aromatic amines is 1. The Morgan fingerprint density at radius 1 is 1.24 bits per heavy atom. The summed E-state index contributed by atoms with van der Waals surface area (Å²) < 4.78 is 5.23. The first-order valence-corrected chi connectivity index (χ1v) is 6.56. The van der Waals surface area contributed by atoms with Crippen LogP contribution in [0.5, 0.6) is 5.95 Å². The molecule has 0 radical (unpaired) electrons. The van der Waals surface area contributed by atoms with Gasteiger partial charge in [0.05, 0.1) is 6.21 Å². The van der Waals surface area contributed by atoms with Crippen molar-refractivity contribution in [2.24, 2.45) is 4.99 Å². The second-order valence-electron chi connectivity index (χ2n) is 4.24. The lowest BCUT2D eigenvalue weighted by Crippen LogP contribution is -1.95. The minimum Gasteiger partial charge on any atom is -0.479 e. The number of H-pyrrole nitrogens is 1. The molecule has 0 aliphatic rings. The van der Waals surface area contributed by atoms with Crippen molar-refractivity contribution in [3.8, 4) is 17.4 Å². The molecule has 21 heavy (non-hydrogen) atoms. The third-order valence-corrected chi connectivity index (χ3v) is 3.00. The van der Waals surface area contributed by atoms with Crippen LogP contribution >= 0.6 is 11.6 Å². The van der Waals surface area contributed by atoms with Crippen LogP contribution in [0.15, 0.2) is 58.2 Å². The lowest BCUT2D eigenvalue weighted by Gasteiger charge is -1.93. The summed E-state index contributed by atoms with van der Waals surface area (Å²) in [5.74, 6) is 0.0360. The largest absolute Gasteiger partial charge is 0.479 e. The van der Waals surface area contributed by atoms with Crippen LogP contribution in [-0.4, -0.2) is 16.3 Å². The van der Waals surface area contributed by atoms with E-state index in [4.69, 9.17) is 16.0 Å². The summed E-state index contributed by atoms with van der Waals surface area (Å²) in [6, 6.07) is 10.6. The third kappa shape index (κ3) is 3.09. The smallest absolute Gasteiger partial charge is 0.312 e. The van der Waals surface area contributed by atoms with E-state index in [1.54, 1.807) is 36.7 Å². The van der Waals surface area contributed by atoms with Crippen molar-refractivity contribution in [1.82, 2.24) is 4.98 Å². The fourth-order valence-corrected chi connectivity index (χ4v) is 1.85. The van der Waals surface area contributed by atoms with Gasteiger partial charge in [0, 0.05) is 16.7 Å². The van der Waals surface area contributed by atoms with E-state index in [-0.39, 0.29) is 11.6 Å². The van der Waals surface area contributed by atoms with Gasteiger partial charge in [-0.05, 0) is 30.3 Å². The summed E-state index contributed by atoms with van der Waals surface area (Å²) in [5, 5.41) is 10.4. The maximum atomic E-state index is 9.77. The van der Waals surface area contributed by atoms with Crippen LogP contribution in [0.3, 0.4) is 0 Å². The zero-order chi connectivity index (χ0) is 14.7. The number of hydrogen-bond acceptors (Lipinski definition) is 4. The molecule has 0 amide bonds. The second-order valence-corrected chi connectivity index (χ2v) is 4.67. The zero-order valence-corrected chi connectivity index (χ0v) is 11.6. The highest BCUT2D eigenvalue weighted by atomic mass is 35.5. The Bertz CT molecular complexity index is 767. The molecule has 0 fully saturated rings. The molecule has 2 aromatic heterocycles. The Hall–Kier alpha value is -2.66. The number of nitrogens with one attached hydrogen (secondary N) is 1. The average molecular weight is 301 g/mol. The molecule has 0 aliphatic heterocycles. The molecule has 0 unspecified atom stereocenters. The van der Waals surface area contributed by atoms with Crippen molar-refractivity contribution in [2.75, 3.05) is 0 Å². The van der Waals surface area contributed by atoms with Crippen molar-refractivity contribution >= 4 is 23.5 Å². The normalized spacial score (nSPS) is 11.1. The minimum absolute atomic E-state index is 0.267. The summed E-state index contributed by atoms with van der Waals surface area (Å²) in [6.45, 7) is 0. The quantitative estimate of drug-likeness (QED) is 0.754. The lowest BCUT2D eigenvalue weighted by molar-refractivity contribution is -0.377. The number of hydrogen-bond donors (Lipinski definition) is 1. The van der Waals surface area contributed by atoms with Gasteiger partial charge in [-0.1, -0.05) is 11.6 Å². The van der Waals surface area contributed by atoms with E-state index >= 15 is 0 Å². The standard InChI is InChI=1S/C15H10ClN3O2/c16-11-5-3-10(4-6-11)14-19-13(15(20)21-14)9-18-12-2-1-7-17-8-12/h1-9,20H/p+1. The second kappa shape index (κ2) is 5.76. The maximum Gasteiger partial charge on any atom is 0.312 e. The monoisotopic (exact) mass is 300 g/mol. The fraction of sp³-hybridized carbons (Fsp3) is 0. The van der Waals surface area contributed by atoms with Crippen LogP contribution in [0.25, 0.3) is 11.5 Å². The molecule has 0 bridgehead atoms. The van der Waals surface area contributed by atoms with E-state index in [1.165, 1.54) is 6.21 Å². The molecule has 3 aromatic rings. The van der Waals surface area contributed by atoms with Crippen molar-refractivity contribution in [2.45, 2.75) is 0 Å². The summed E-state index contributed by atoms with van der Waals surface area (Å²) in [5.41, 5.74) is 1.71. The van der Waals surface area contributed by atoms with E-state index in [1.807, 2.05) is 12.1 Å². The van der Waals surface area contributed by atoms with Crippen LogP contribution in [-0.2, 0) is 0 Å². The van der Waals surface area contributed by atoms with Gasteiger partial charge < -0.3 is 9.52 Å². The molecule has 0 saturated carbocycles.